The third kappa shape index (κ3) is 8.58. The highest BCUT2D eigenvalue weighted by Crippen LogP contribution is 2.19. The van der Waals surface area contributed by atoms with Crippen molar-refractivity contribution in [2.24, 2.45) is 4.99 Å². The molecule has 1 rings (SSSR count). The number of guanidine groups is 1. The van der Waals surface area contributed by atoms with Gasteiger partial charge in [0.2, 0.25) is 0 Å². The molecule has 0 bridgehead atoms. The first-order valence-corrected chi connectivity index (χ1v) is 9.88. The van der Waals surface area contributed by atoms with E-state index in [0.29, 0.717) is 6.04 Å². The number of nitrogens with zero attached hydrogens (tertiary/aromatic N) is 2. The van der Waals surface area contributed by atoms with E-state index in [9.17, 15) is 0 Å². The van der Waals surface area contributed by atoms with Crippen molar-refractivity contribution in [1.82, 2.24) is 15.5 Å². The van der Waals surface area contributed by atoms with Crippen molar-refractivity contribution < 1.29 is 0 Å². The summed E-state index contributed by atoms with van der Waals surface area (Å²) in [5.74, 6) is 2.06. The van der Waals surface area contributed by atoms with Crippen LogP contribution < -0.4 is 10.6 Å². The van der Waals surface area contributed by atoms with E-state index in [-0.39, 0.29) is 24.0 Å². The average Bonchev–Trinajstić information content (AvgIpc) is 2.61. The second-order valence-electron chi connectivity index (χ2n) is 5.37. The quantitative estimate of drug-likeness (QED) is 0.240. The summed E-state index contributed by atoms with van der Waals surface area (Å²) in [6.45, 7) is 8.33. The van der Waals surface area contributed by atoms with Crippen LogP contribution in [0.3, 0.4) is 0 Å². The Morgan fingerprint density at radius 2 is 1.83 bits per heavy atom. The number of likely N-dealkylation sites (N-methyl/N-ethyl adjacent to an activating group) is 1. The Hall–Kier alpha value is -0.470. The van der Waals surface area contributed by atoms with E-state index in [1.54, 1.807) is 0 Å². The van der Waals surface area contributed by atoms with Crippen LogP contribution in [-0.2, 0) is 0 Å². The predicted octanol–water partition coefficient (Wildman–Crippen LogP) is 3.61. The predicted molar refractivity (Wildman–Crippen MR) is 120 cm³/mol. The number of benzene rings is 1. The highest BCUT2D eigenvalue weighted by molar-refractivity contribution is 14.0. The van der Waals surface area contributed by atoms with Gasteiger partial charge in [-0.15, -0.1) is 24.0 Å². The van der Waals surface area contributed by atoms with E-state index < -0.39 is 0 Å². The highest BCUT2D eigenvalue weighted by atomic mass is 127. The molecule has 0 aliphatic carbocycles. The molecule has 1 unspecified atom stereocenters. The lowest BCUT2D eigenvalue weighted by Crippen LogP contribution is -2.43. The maximum atomic E-state index is 4.33. The zero-order valence-electron chi connectivity index (χ0n) is 15.4. The van der Waals surface area contributed by atoms with E-state index in [4.69, 9.17) is 0 Å². The van der Waals surface area contributed by atoms with E-state index >= 15 is 0 Å². The van der Waals surface area contributed by atoms with Gasteiger partial charge in [0.25, 0.3) is 0 Å². The van der Waals surface area contributed by atoms with Gasteiger partial charge >= 0.3 is 0 Å². The number of aliphatic imine (C=N–C) groups is 1. The summed E-state index contributed by atoms with van der Waals surface area (Å²) in [6.07, 6.45) is 3.29. The molecule has 0 radical (unpaired) electrons. The molecule has 0 aliphatic rings. The summed E-state index contributed by atoms with van der Waals surface area (Å²) in [5, 5.41) is 6.88. The smallest absolute Gasteiger partial charge is 0.191 e. The zero-order valence-corrected chi connectivity index (χ0v) is 18.6. The van der Waals surface area contributed by atoms with Gasteiger partial charge in [-0.1, -0.05) is 44.2 Å². The third-order valence-electron chi connectivity index (χ3n) is 3.94. The largest absolute Gasteiger partial charge is 0.356 e. The summed E-state index contributed by atoms with van der Waals surface area (Å²) in [6, 6.07) is 11.1. The van der Waals surface area contributed by atoms with Gasteiger partial charge in [-0.2, -0.15) is 11.8 Å². The lowest BCUT2D eigenvalue weighted by molar-refractivity contribution is 0.219. The standard InChI is InChI=1S/C18H32N4S.HI/c1-5-22(6-2)17(16-11-8-7-9-12-16)15-21-18(19-3)20-13-10-14-23-4;/h7-9,11-12,17H,5-6,10,13-15H2,1-4H3,(H2,19,20,21);1H. The molecule has 0 saturated heterocycles. The molecule has 2 N–H and O–H groups in total. The normalized spacial score (nSPS) is 12.6. The van der Waals surface area contributed by atoms with Crippen LogP contribution in [0.1, 0.15) is 31.9 Å². The molecule has 24 heavy (non-hydrogen) atoms. The van der Waals surface area contributed by atoms with Gasteiger partial charge in [0, 0.05) is 20.1 Å². The number of nitrogens with one attached hydrogen (secondary N) is 2. The van der Waals surface area contributed by atoms with Crippen molar-refractivity contribution in [3.63, 3.8) is 0 Å². The fourth-order valence-corrected chi connectivity index (χ4v) is 3.07. The fourth-order valence-electron chi connectivity index (χ4n) is 2.63. The Bertz CT molecular complexity index is 438. The number of halogens is 1. The molecule has 1 aromatic carbocycles. The van der Waals surface area contributed by atoms with Crippen molar-refractivity contribution in [2.45, 2.75) is 26.3 Å². The maximum absolute atomic E-state index is 4.33. The number of rotatable bonds is 10. The molecule has 0 aromatic heterocycles. The van der Waals surface area contributed by atoms with Gasteiger partial charge in [-0.05, 0) is 37.1 Å². The highest BCUT2D eigenvalue weighted by Gasteiger charge is 2.17. The van der Waals surface area contributed by atoms with Crippen molar-refractivity contribution >= 4 is 41.7 Å². The lowest BCUT2D eigenvalue weighted by Gasteiger charge is -2.30. The van der Waals surface area contributed by atoms with Crippen LogP contribution in [0, 0.1) is 0 Å². The molecule has 0 saturated carbocycles. The second kappa shape index (κ2) is 14.8. The molecule has 4 nitrogen and oxygen atoms in total. The Labute approximate surface area is 169 Å². The van der Waals surface area contributed by atoms with E-state index in [1.165, 1.54) is 11.3 Å². The Kier molecular flexibility index (Phi) is 14.5. The van der Waals surface area contributed by atoms with E-state index in [2.05, 4.69) is 71.0 Å². The second-order valence-corrected chi connectivity index (χ2v) is 6.36. The monoisotopic (exact) mass is 464 g/mol. The number of thioether (sulfide) groups is 1. The molecular weight excluding hydrogens is 431 g/mol. The van der Waals surface area contributed by atoms with Crippen molar-refractivity contribution in [1.29, 1.82) is 0 Å². The van der Waals surface area contributed by atoms with Crippen LogP contribution in [0.25, 0.3) is 0 Å². The Balaban J connectivity index is 0.00000529. The Morgan fingerprint density at radius 3 is 2.38 bits per heavy atom. The molecule has 0 aliphatic heterocycles. The minimum Gasteiger partial charge on any atom is -0.356 e. The average molecular weight is 464 g/mol. The first-order valence-electron chi connectivity index (χ1n) is 8.49. The molecule has 1 aromatic rings. The lowest BCUT2D eigenvalue weighted by atomic mass is 10.1. The zero-order chi connectivity index (χ0) is 16.9. The van der Waals surface area contributed by atoms with Gasteiger partial charge in [-0.25, -0.2) is 0 Å². The van der Waals surface area contributed by atoms with Crippen molar-refractivity contribution in [3.8, 4) is 0 Å². The summed E-state index contributed by atoms with van der Waals surface area (Å²) >= 11 is 1.88. The summed E-state index contributed by atoms with van der Waals surface area (Å²) in [7, 11) is 1.83. The molecule has 1 atom stereocenters. The van der Waals surface area contributed by atoms with E-state index in [1.807, 2.05) is 18.8 Å². The van der Waals surface area contributed by atoms with Crippen LogP contribution in [0.5, 0.6) is 0 Å². The van der Waals surface area contributed by atoms with Crippen LogP contribution in [0.2, 0.25) is 0 Å². The van der Waals surface area contributed by atoms with Crippen LogP contribution in [-0.4, -0.2) is 56.1 Å². The fraction of sp³-hybridized carbons (Fsp3) is 0.611. The third-order valence-corrected chi connectivity index (χ3v) is 4.64. The summed E-state index contributed by atoms with van der Waals surface area (Å²) in [5.41, 5.74) is 1.35. The Morgan fingerprint density at radius 1 is 1.17 bits per heavy atom. The van der Waals surface area contributed by atoms with Crippen LogP contribution in [0.4, 0.5) is 0 Å². The molecule has 138 valence electrons. The minimum absolute atomic E-state index is 0. The maximum Gasteiger partial charge on any atom is 0.191 e. The van der Waals surface area contributed by atoms with Gasteiger partial charge in [-0.3, -0.25) is 9.89 Å². The molecule has 6 heteroatoms. The van der Waals surface area contributed by atoms with Gasteiger partial charge in [0.05, 0.1) is 6.04 Å². The van der Waals surface area contributed by atoms with Gasteiger partial charge < -0.3 is 10.6 Å². The van der Waals surface area contributed by atoms with Gasteiger partial charge in [0.15, 0.2) is 5.96 Å². The minimum atomic E-state index is 0. The van der Waals surface area contributed by atoms with Crippen LogP contribution in [0.15, 0.2) is 35.3 Å². The summed E-state index contributed by atoms with van der Waals surface area (Å²) < 4.78 is 0. The van der Waals surface area contributed by atoms with Crippen molar-refractivity contribution in [2.75, 3.05) is 45.2 Å². The number of hydrogen-bond donors (Lipinski definition) is 2. The van der Waals surface area contributed by atoms with Crippen molar-refractivity contribution in [3.05, 3.63) is 35.9 Å². The molecule has 0 fully saturated rings. The molecule has 0 amide bonds. The number of hydrogen-bond acceptors (Lipinski definition) is 3. The van der Waals surface area contributed by atoms with E-state index in [0.717, 1.165) is 38.6 Å². The topological polar surface area (TPSA) is 39.7 Å². The SMILES string of the molecule is CCN(CC)C(CNC(=NC)NCCCSC)c1ccccc1.I. The van der Waals surface area contributed by atoms with Gasteiger partial charge in [0.1, 0.15) is 0 Å². The van der Waals surface area contributed by atoms with Crippen LogP contribution >= 0.6 is 35.7 Å². The molecular formula is C18H33IN4S. The summed E-state index contributed by atoms with van der Waals surface area (Å²) in [4.78, 5) is 6.81. The first kappa shape index (κ1) is 23.5. The molecule has 0 spiro atoms. The first-order chi connectivity index (χ1) is 11.3. The molecule has 0 heterocycles.